The molecule has 2 aliphatic rings. The van der Waals surface area contributed by atoms with Crippen molar-refractivity contribution in [1.29, 1.82) is 0 Å². The zero-order chi connectivity index (χ0) is 18.8. The zero-order valence-corrected chi connectivity index (χ0v) is 16.0. The molecule has 1 atom stereocenters. The van der Waals surface area contributed by atoms with Crippen LogP contribution in [0, 0.1) is 5.92 Å². The Hall–Kier alpha value is -2.67. The number of rotatable bonds is 4. The highest BCUT2D eigenvalue weighted by Gasteiger charge is 2.27. The molecule has 2 aromatic rings. The van der Waals surface area contributed by atoms with Crippen molar-refractivity contribution in [1.82, 2.24) is 19.9 Å². The van der Waals surface area contributed by atoms with Gasteiger partial charge in [-0.15, -0.1) is 0 Å². The van der Waals surface area contributed by atoms with Crippen molar-refractivity contribution in [2.45, 2.75) is 6.92 Å². The van der Waals surface area contributed by atoms with Crippen LogP contribution in [0.4, 0.5) is 11.5 Å². The van der Waals surface area contributed by atoms with Crippen molar-refractivity contribution >= 4 is 17.2 Å². The molecule has 3 heterocycles. The van der Waals surface area contributed by atoms with Gasteiger partial charge in [0, 0.05) is 81.6 Å². The van der Waals surface area contributed by atoms with Gasteiger partial charge in [-0.05, 0) is 13.0 Å². The second-order valence-electron chi connectivity index (χ2n) is 7.38. The van der Waals surface area contributed by atoms with Crippen molar-refractivity contribution in [3.05, 3.63) is 36.7 Å². The Morgan fingerprint density at radius 2 is 1.81 bits per heavy atom. The van der Waals surface area contributed by atoms with E-state index in [1.165, 1.54) is 5.71 Å². The molecule has 1 unspecified atom stereocenters. The largest absolute Gasteiger partial charge is 0.398 e. The van der Waals surface area contributed by atoms with Gasteiger partial charge >= 0.3 is 0 Å². The minimum atomic E-state index is 0.540. The number of nitrogen functional groups attached to an aromatic ring is 1. The van der Waals surface area contributed by atoms with E-state index in [-0.39, 0.29) is 0 Å². The second kappa shape index (κ2) is 7.52. The Balaban J connectivity index is 1.45. The molecule has 0 saturated carbocycles. The molecular weight excluding hydrogens is 338 g/mol. The molecule has 1 aromatic carbocycles. The third kappa shape index (κ3) is 3.73. The molecule has 27 heavy (non-hydrogen) atoms. The van der Waals surface area contributed by atoms with Crippen LogP contribution in [-0.4, -0.2) is 71.9 Å². The van der Waals surface area contributed by atoms with E-state index in [0.29, 0.717) is 5.92 Å². The van der Waals surface area contributed by atoms with E-state index in [0.717, 1.165) is 62.0 Å². The normalized spacial score (nSPS) is 20.8. The first kappa shape index (κ1) is 17.7. The quantitative estimate of drug-likeness (QED) is 0.833. The summed E-state index contributed by atoms with van der Waals surface area (Å²) in [6.45, 7) is 8.16. The van der Waals surface area contributed by atoms with Crippen LogP contribution in [0.1, 0.15) is 6.92 Å². The standard InChI is InChI=1S/C20H27N7/c1-15-16(13-25(2)24-15)14-26-9-11-27(12-10-26)20-19(22-7-8-23-20)17-5-3-4-6-18(17)21/h3-8,16H,9-14,21H2,1-2H3. The predicted molar refractivity (Wildman–Crippen MR) is 110 cm³/mol. The molecule has 0 spiro atoms. The van der Waals surface area contributed by atoms with Gasteiger partial charge in [-0.2, -0.15) is 5.10 Å². The number of para-hydroxylation sites is 1. The van der Waals surface area contributed by atoms with E-state index >= 15 is 0 Å². The van der Waals surface area contributed by atoms with Crippen LogP contribution in [0.3, 0.4) is 0 Å². The molecule has 7 heteroatoms. The maximum atomic E-state index is 6.18. The van der Waals surface area contributed by atoms with E-state index < -0.39 is 0 Å². The summed E-state index contributed by atoms with van der Waals surface area (Å²) >= 11 is 0. The number of aromatic nitrogens is 2. The van der Waals surface area contributed by atoms with Crippen LogP contribution in [0.2, 0.25) is 0 Å². The highest BCUT2D eigenvalue weighted by molar-refractivity contribution is 5.85. The number of hydrazone groups is 1. The summed E-state index contributed by atoms with van der Waals surface area (Å²) in [5.41, 5.74) is 9.97. The average molecular weight is 365 g/mol. The van der Waals surface area contributed by atoms with Crippen LogP contribution < -0.4 is 10.6 Å². The molecular formula is C20H27N7. The Kier molecular flexibility index (Phi) is 4.94. The Labute approximate surface area is 160 Å². The lowest BCUT2D eigenvalue weighted by Crippen LogP contribution is -2.49. The van der Waals surface area contributed by atoms with Crippen molar-refractivity contribution in [2.24, 2.45) is 11.0 Å². The fraction of sp³-hybridized carbons (Fsp3) is 0.450. The fourth-order valence-electron chi connectivity index (χ4n) is 3.95. The van der Waals surface area contributed by atoms with E-state index in [4.69, 9.17) is 5.73 Å². The topological polar surface area (TPSA) is 73.9 Å². The van der Waals surface area contributed by atoms with Crippen LogP contribution in [0.15, 0.2) is 41.8 Å². The van der Waals surface area contributed by atoms with E-state index in [1.807, 2.05) is 36.3 Å². The SMILES string of the molecule is CC1=NN(C)CC1CN1CCN(c2nccnc2-c2ccccc2N)CC1. The first-order chi connectivity index (χ1) is 13.1. The number of hydrogen-bond donors (Lipinski definition) is 1. The summed E-state index contributed by atoms with van der Waals surface area (Å²) in [5.74, 6) is 1.46. The summed E-state index contributed by atoms with van der Waals surface area (Å²) in [7, 11) is 2.05. The molecule has 4 rings (SSSR count). The Morgan fingerprint density at radius 1 is 1.07 bits per heavy atom. The van der Waals surface area contributed by atoms with Gasteiger partial charge in [0.2, 0.25) is 0 Å². The smallest absolute Gasteiger partial charge is 0.155 e. The van der Waals surface area contributed by atoms with Crippen LogP contribution in [0.5, 0.6) is 0 Å². The minimum Gasteiger partial charge on any atom is -0.398 e. The van der Waals surface area contributed by atoms with Crippen LogP contribution in [-0.2, 0) is 0 Å². The molecule has 0 amide bonds. The second-order valence-corrected chi connectivity index (χ2v) is 7.38. The first-order valence-electron chi connectivity index (χ1n) is 9.51. The summed E-state index contributed by atoms with van der Waals surface area (Å²) in [6, 6.07) is 7.86. The predicted octanol–water partition coefficient (Wildman–Crippen LogP) is 1.79. The molecule has 0 bridgehead atoms. The molecule has 1 fully saturated rings. The van der Waals surface area contributed by atoms with Gasteiger partial charge in [0.25, 0.3) is 0 Å². The molecule has 0 aliphatic carbocycles. The summed E-state index contributed by atoms with van der Waals surface area (Å²) < 4.78 is 0. The highest BCUT2D eigenvalue weighted by atomic mass is 15.5. The van der Waals surface area contributed by atoms with Gasteiger partial charge in [0.1, 0.15) is 5.69 Å². The first-order valence-corrected chi connectivity index (χ1v) is 9.51. The zero-order valence-electron chi connectivity index (χ0n) is 16.0. The maximum Gasteiger partial charge on any atom is 0.155 e. The van der Waals surface area contributed by atoms with Gasteiger partial charge in [-0.25, -0.2) is 4.98 Å². The van der Waals surface area contributed by atoms with Gasteiger partial charge in [0.15, 0.2) is 5.82 Å². The van der Waals surface area contributed by atoms with Crippen molar-refractivity contribution in [3.63, 3.8) is 0 Å². The molecule has 1 saturated heterocycles. The summed E-state index contributed by atoms with van der Waals surface area (Å²) in [4.78, 5) is 14.1. The van der Waals surface area contributed by atoms with Crippen molar-refractivity contribution < 1.29 is 0 Å². The lowest BCUT2D eigenvalue weighted by molar-refractivity contribution is 0.226. The molecule has 1 aromatic heterocycles. The summed E-state index contributed by atoms with van der Waals surface area (Å²) in [5, 5.41) is 6.58. The Morgan fingerprint density at radius 3 is 2.52 bits per heavy atom. The lowest BCUT2D eigenvalue weighted by Gasteiger charge is -2.37. The number of hydrogen-bond acceptors (Lipinski definition) is 7. The van der Waals surface area contributed by atoms with Gasteiger partial charge < -0.3 is 10.6 Å². The number of piperazine rings is 1. The monoisotopic (exact) mass is 365 g/mol. The number of anilines is 2. The van der Waals surface area contributed by atoms with E-state index in [9.17, 15) is 0 Å². The van der Waals surface area contributed by atoms with E-state index in [2.05, 4.69) is 31.8 Å². The minimum absolute atomic E-state index is 0.540. The van der Waals surface area contributed by atoms with Crippen molar-refractivity contribution in [3.8, 4) is 11.3 Å². The maximum absolute atomic E-state index is 6.18. The van der Waals surface area contributed by atoms with Crippen LogP contribution in [0.25, 0.3) is 11.3 Å². The fourth-order valence-corrected chi connectivity index (χ4v) is 3.95. The molecule has 0 radical (unpaired) electrons. The van der Waals surface area contributed by atoms with E-state index in [1.54, 1.807) is 12.4 Å². The number of nitrogens with two attached hydrogens (primary N) is 1. The number of benzene rings is 1. The molecule has 142 valence electrons. The number of nitrogens with zero attached hydrogens (tertiary/aromatic N) is 6. The summed E-state index contributed by atoms with van der Waals surface area (Å²) in [6.07, 6.45) is 3.50. The van der Waals surface area contributed by atoms with Gasteiger partial charge in [-0.3, -0.25) is 14.9 Å². The average Bonchev–Trinajstić information content (AvgIpc) is 3.00. The van der Waals surface area contributed by atoms with Gasteiger partial charge in [-0.1, -0.05) is 18.2 Å². The molecule has 7 nitrogen and oxygen atoms in total. The molecule has 2 N–H and O–H groups in total. The molecule has 2 aliphatic heterocycles. The highest BCUT2D eigenvalue weighted by Crippen LogP contribution is 2.31. The third-order valence-electron chi connectivity index (χ3n) is 5.45. The van der Waals surface area contributed by atoms with Crippen LogP contribution >= 0.6 is 0 Å². The van der Waals surface area contributed by atoms with Gasteiger partial charge in [0.05, 0.1) is 0 Å². The van der Waals surface area contributed by atoms with Crippen molar-refractivity contribution in [2.75, 3.05) is 56.9 Å². The third-order valence-corrected chi connectivity index (χ3v) is 5.45. The lowest BCUT2D eigenvalue weighted by atomic mass is 10.0. The Bertz CT molecular complexity index is 827.